The van der Waals surface area contributed by atoms with Crippen molar-refractivity contribution in [3.63, 3.8) is 0 Å². The molecule has 2 aromatic rings. The van der Waals surface area contributed by atoms with Crippen molar-refractivity contribution in [2.24, 2.45) is 7.05 Å². The van der Waals surface area contributed by atoms with Gasteiger partial charge in [-0.3, -0.25) is 4.68 Å². The fraction of sp³-hybridized carbons (Fsp3) is 0.364. The molecule has 0 atom stereocenters. The molecule has 0 aromatic carbocycles. The van der Waals surface area contributed by atoms with Gasteiger partial charge in [0.1, 0.15) is 12.0 Å². The van der Waals surface area contributed by atoms with Crippen molar-refractivity contribution >= 4 is 23.1 Å². The van der Waals surface area contributed by atoms with Crippen LogP contribution in [0.25, 0.3) is 0 Å². The second kappa shape index (κ2) is 5.68. The van der Waals surface area contributed by atoms with Crippen molar-refractivity contribution in [2.45, 2.75) is 6.42 Å². The van der Waals surface area contributed by atoms with E-state index in [0.717, 1.165) is 18.7 Å². The van der Waals surface area contributed by atoms with Crippen LogP contribution < -0.4 is 10.6 Å². The number of halogens is 1. The van der Waals surface area contributed by atoms with Gasteiger partial charge < -0.3 is 10.6 Å². The Balaban J connectivity index is 1.98. The fourth-order valence-electron chi connectivity index (χ4n) is 1.68. The summed E-state index contributed by atoms with van der Waals surface area (Å²) in [5.74, 6) is 0.708. The van der Waals surface area contributed by atoms with Crippen molar-refractivity contribution in [3.8, 4) is 0 Å². The van der Waals surface area contributed by atoms with Crippen LogP contribution in [-0.2, 0) is 13.5 Å². The van der Waals surface area contributed by atoms with E-state index in [1.165, 1.54) is 6.33 Å². The summed E-state index contributed by atoms with van der Waals surface area (Å²) < 4.78 is 1.85. The molecule has 2 N–H and O–H groups in total. The summed E-state index contributed by atoms with van der Waals surface area (Å²) in [6.45, 7) is 0.752. The normalized spacial score (nSPS) is 10.4. The first-order valence-electron chi connectivity index (χ1n) is 5.61. The molecule has 2 aromatic heterocycles. The van der Waals surface area contributed by atoms with E-state index in [2.05, 4.69) is 25.7 Å². The largest absolute Gasteiger partial charge is 0.383 e. The molecule has 0 saturated heterocycles. The van der Waals surface area contributed by atoms with Gasteiger partial charge in [0.25, 0.3) is 0 Å². The van der Waals surface area contributed by atoms with Crippen LogP contribution in [0.5, 0.6) is 0 Å². The first-order valence-corrected chi connectivity index (χ1v) is 5.99. The van der Waals surface area contributed by atoms with Gasteiger partial charge in [-0.2, -0.15) is 5.10 Å². The molecular formula is C11H15ClN6. The number of rotatable bonds is 5. The summed E-state index contributed by atoms with van der Waals surface area (Å²) in [5.41, 5.74) is 1.87. The predicted molar refractivity (Wildman–Crippen MR) is 72.0 cm³/mol. The van der Waals surface area contributed by atoms with Gasteiger partial charge in [-0.1, -0.05) is 11.6 Å². The molecule has 0 bridgehead atoms. The number of hydrogen-bond acceptors (Lipinski definition) is 5. The molecule has 0 unspecified atom stereocenters. The molecule has 18 heavy (non-hydrogen) atoms. The van der Waals surface area contributed by atoms with E-state index in [9.17, 15) is 0 Å². The number of aromatic nitrogens is 4. The Morgan fingerprint density at radius 3 is 2.89 bits per heavy atom. The van der Waals surface area contributed by atoms with E-state index in [0.29, 0.717) is 16.7 Å². The van der Waals surface area contributed by atoms with Crippen molar-refractivity contribution < 1.29 is 0 Å². The van der Waals surface area contributed by atoms with Crippen molar-refractivity contribution in [3.05, 3.63) is 29.4 Å². The maximum Gasteiger partial charge on any atom is 0.157 e. The molecule has 0 aliphatic heterocycles. The molecule has 96 valence electrons. The lowest BCUT2D eigenvalue weighted by atomic mass is 10.3. The Kier molecular flexibility index (Phi) is 3.99. The summed E-state index contributed by atoms with van der Waals surface area (Å²) in [6.07, 6.45) is 4.09. The Morgan fingerprint density at radius 1 is 1.39 bits per heavy atom. The number of nitrogens with zero attached hydrogens (tertiary/aromatic N) is 4. The highest BCUT2D eigenvalue weighted by molar-refractivity contribution is 6.32. The lowest BCUT2D eigenvalue weighted by Gasteiger charge is -2.11. The molecule has 0 spiro atoms. The van der Waals surface area contributed by atoms with Crippen LogP contribution in [0.3, 0.4) is 0 Å². The fourth-order valence-corrected chi connectivity index (χ4v) is 1.90. The Hall–Kier alpha value is -1.82. The number of hydrogen-bond donors (Lipinski definition) is 2. The van der Waals surface area contributed by atoms with Gasteiger partial charge in [0.05, 0.1) is 0 Å². The highest BCUT2D eigenvalue weighted by Crippen LogP contribution is 2.25. The van der Waals surface area contributed by atoms with Gasteiger partial charge in [-0.25, -0.2) is 9.97 Å². The van der Waals surface area contributed by atoms with Crippen molar-refractivity contribution in [1.82, 2.24) is 19.7 Å². The molecule has 0 amide bonds. The SMILES string of the molecule is CNc1c(Cl)ncnc1NCCc1ccnn1C. The molecule has 7 heteroatoms. The highest BCUT2D eigenvalue weighted by atomic mass is 35.5. The Bertz CT molecular complexity index is 524. The predicted octanol–water partition coefficient (Wildman–Crippen LogP) is 1.56. The molecule has 0 radical (unpaired) electrons. The zero-order valence-corrected chi connectivity index (χ0v) is 11.1. The maximum absolute atomic E-state index is 5.97. The van der Waals surface area contributed by atoms with E-state index in [4.69, 9.17) is 11.6 Å². The molecule has 0 aliphatic carbocycles. The van der Waals surface area contributed by atoms with Gasteiger partial charge in [0.15, 0.2) is 11.0 Å². The average Bonchev–Trinajstić information content (AvgIpc) is 2.75. The average molecular weight is 267 g/mol. The van der Waals surface area contributed by atoms with Crippen LogP contribution in [0.15, 0.2) is 18.6 Å². The van der Waals surface area contributed by atoms with Gasteiger partial charge in [0, 0.05) is 39.0 Å². The first kappa shape index (κ1) is 12.6. The van der Waals surface area contributed by atoms with E-state index >= 15 is 0 Å². The summed E-state index contributed by atoms with van der Waals surface area (Å²) in [5, 5.41) is 10.7. The molecule has 0 fully saturated rings. The minimum Gasteiger partial charge on any atom is -0.383 e. The summed E-state index contributed by atoms with van der Waals surface area (Å²) >= 11 is 5.97. The lowest BCUT2D eigenvalue weighted by molar-refractivity contribution is 0.711. The minimum atomic E-state index is 0.413. The summed E-state index contributed by atoms with van der Waals surface area (Å²) in [4.78, 5) is 8.08. The molecule has 0 saturated carbocycles. The van der Waals surface area contributed by atoms with Crippen LogP contribution in [-0.4, -0.2) is 33.3 Å². The maximum atomic E-state index is 5.97. The lowest BCUT2D eigenvalue weighted by Crippen LogP contribution is -2.11. The quantitative estimate of drug-likeness (QED) is 0.804. The van der Waals surface area contributed by atoms with Crippen molar-refractivity contribution in [2.75, 3.05) is 24.2 Å². The van der Waals surface area contributed by atoms with E-state index < -0.39 is 0 Å². The zero-order chi connectivity index (χ0) is 13.0. The Morgan fingerprint density at radius 2 is 2.22 bits per heavy atom. The number of anilines is 2. The van der Waals surface area contributed by atoms with Gasteiger partial charge >= 0.3 is 0 Å². The second-order valence-corrected chi connectivity index (χ2v) is 4.12. The third-order valence-corrected chi connectivity index (χ3v) is 2.93. The van der Waals surface area contributed by atoms with Crippen LogP contribution >= 0.6 is 11.6 Å². The Labute approximate surface area is 110 Å². The second-order valence-electron chi connectivity index (χ2n) is 3.76. The number of nitrogens with one attached hydrogen (secondary N) is 2. The monoisotopic (exact) mass is 266 g/mol. The first-order chi connectivity index (χ1) is 8.72. The summed E-state index contributed by atoms with van der Waals surface area (Å²) in [7, 11) is 3.72. The van der Waals surface area contributed by atoms with Crippen LogP contribution in [0.4, 0.5) is 11.5 Å². The molecule has 2 rings (SSSR count). The zero-order valence-electron chi connectivity index (χ0n) is 10.3. The van der Waals surface area contributed by atoms with Crippen LogP contribution in [0.2, 0.25) is 5.15 Å². The van der Waals surface area contributed by atoms with Gasteiger partial charge in [-0.05, 0) is 6.07 Å². The highest BCUT2D eigenvalue weighted by Gasteiger charge is 2.07. The topological polar surface area (TPSA) is 67.7 Å². The molecule has 2 heterocycles. The van der Waals surface area contributed by atoms with E-state index in [1.807, 2.05) is 17.8 Å². The van der Waals surface area contributed by atoms with Gasteiger partial charge in [0.2, 0.25) is 0 Å². The van der Waals surface area contributed by atoms with Crippen LogP contribution in [0.1, 0.15) is 5.69 Å². The van der Waals surface area contributed by atoms with Crippen LogP contribution in [0, 0.1) is 0 Å². The third-order valence-electron chi connectivity index (χ3n) is 2.65. The molecular weight excluding hydrogens is 252 g/mol. The van der Waals surface area contributed by atoms with Gasteiger partial charge in [-0.15, -0.1) is 0 Å². The molecule has 6 nitrogen and oxygen atoms in total. The van der Waals surface area contributed by atoms with E-state index in [-0.39, 0.29) is 0 Å². The number of aryl methyl sites for hydroxylation is 1. The standard InChI is InChI=1S/C11H15ClN6/c1-13-9-10(12)15-7-16-11(9)14-5-3-8-4-6-17-18(8)2/h4,6-7,13H,3,5H2,1-2H3,(H,14,15,16). The van der Waals surface area contributed by atoms with E-state index in [1.54, 1.807) is 13.2 Å². The van der Waals surface area contributed by atoms with Crippen molar-refractivity contribution in [1.29, 1.82) is 0 Å². The third kappa shape index (κ3) is 2.70. The smallest absolute Gasteiger partial charge is 0.157 e. The molecule has 0 aliphatic rings. The minimum absolute atomic E-state index is 0.413. The summed E-state index contributed by atoms with van der Waals surface area (Å²) in [6, 6.07) is 1.99.